The monoisotopic (exact) mass is 633 g/mol. The van der Waals surface area contributed by atoms with Gasteiger partial charge in [-0.1, -0.05) is 24.3 Å². The molecular formula is C32H32N3O9P. The largest absolute Gasteiger partial charge is 0.486 e. The van der Waals surface area contributed by atoms with Crippen LogP contribution in [0.1, 0.15) is 46.8 Å². The van der Waals surface area contributed by atoms with Crippen LogP contribution in [0.2, 0.25) is 0 Å². The molecule has 0 aliphatic rings. The third kappa shape index (κ3) is 7.79. The molecule has 0 aliphatic carbocycles. The number of benzene rings is 2. The Labute approximate surface area is 259 Å². The first-order chi connectivity index (χ1) is 21.8. The van der Waals surface area contributed by atoms with Gasteiger partial charge < -0.3 is 32.5 Å². The molecule has 0 spiro atoms. The van der Waals surface area contributed by atoms with Crippen LogP contribution in [0.15, 0.2) is 87.8 Å². The quantitative estimate of drug-likeness (QED) is 0.114. The minimum atomic E-state index is -3.48. The van der Waals surface area contributed by atoms with Crippen LogP contribution < -0.4 is 9.47 Å². The van der Waals surface area contributed by atoms with Gasteiger partial charge in [0.15, 0.2) is 5.76 Å². The highest BCUT2D eigenvalue weighted by molar-refractivity contribution is 7.57. The highest BCUT2D eigenvalue weighted by Crippen LogP contribution is 2.50. The minimum Gasteiger partial charge on any atom is -0.486 e. The number of furan rings is 1. The third-order valence-corrected chi connectivity index (χ3v) is 8.17. The summed E-state index contributed by atoms with van der Waals surface area (Å²) < 4.78 is 48.3. The Morgan fingerprint density at radius 2 is 1.80 bits per heavy atom. The summed E-state index contributed by atoms with van der Waals surface area (Å²) in [4.78, 5) is 16.5. The standard InChI is InChI=1S/C32H32N3O9P/c1-4-42-45(38,43-5-2)17-15-24-19-35(25-10-7-6-8-11-25)34-30(24)41-20-23-13-14-28(26(18-23)32(36)37)40-21-27-22(3)44-31(33-27)29-12-9-16-39-29/h6-19H,4-5,20-21H2,1-3H3,(H,36,37). The lowest BCUT2D eigenvalue weighted by Gasteiger charge is -2.12. The molecule has 13 heteroatoms. The number of oxazole rings is 1. The third-order valence-electron chi connectivity index (χ3n) is 6.42. The number of ether oxygens (including phenoxy) is 2. The predicted molar refractivity (Wildman–Crippen MR) is 164 cm³/mol. The Balaban J connectivity index is 1.34. The molecule has 0 aliphatic heterocycles. The van der Waals surface area contributed by atoms with Crippen molar-refractivity contribution in [2.75, 3.05) is 13.2 Å². The molecule has 12 nitrogen and oxygen atoms in total. The lowest BCUT2D eigenvalue weighted by Crippen LogP contribution is -2.06. The molecule has 1 N–H and O–H groups in total. The number of para-hydroxylation sites is 1. The van der Waals surface area contributed by atoms with E-state index in [0.717, 1.165) is 5.69 Å². The Kier molecular flexibility index (Phi) is 9.99. The number of carbonyl (C=O) groups is 1. The van der Waals surface area contributed by atoms with E-state index in [9.17, 15) is 14.5 Å². The minimum absolute atomic E-state index is 0.00329. The van der Waals surface area contributed by atoms with E-state index in [4.69, 9.17) is 27.4 Å². The van der Waals surface area contributed by atoms with Crippen molar-refractivity contribution in [3.8, 4) is 29.0 Å². The molecule has 3 heterocycles. The first-order valence-corrected chi connectivity index (χ1v) is 15.7. The van der Waals surface area contributed by atoms with E-state index in [1.165, 1.54) is 18.1 Å². The van der Waals surface area contributed by atoms with E-state index >= 15 is 0 Å². The highest BCUT2D eigenvalue weighted by atomic mass is 31.2. The summed E-state index contributed by atoms with van der Waals surface area (Å²) in [6.07, 6.45) is 4.83. The molecule has 234 valence electrons. The summed E-state index contributed by atoms with van der Waals surface area (Å²) in [6.45, 7) is 5.62. The maximum Gasteiger partial charge on any atom is 0.354 e. The number of aromatic carboxylic acids is 1. The van der Waals surface area contributed by atoms with Crippen LogP contribution in [0.3, 0.4) is 0 Å². The molecule has 5 rings (SSSR count). The zero-order valence-corrected chi connectivity index (χ0v) is 25.8. The molecule has 0 saturated heterocycles. The van der Waals surface area contributed by atoms with Crippen molar-refractivity contribution in [2.24, 2.45) is 0 Å². The van der Waals surface area contributed by atoms with Crippen molar-refractivity contribution in [1.29, 1.82) is 0 Å². The van der Waals surface area contributed by atoms with Crippen LogP contribution in [0.5, 0.6) is 11.6 Å². The van der Waals surface area contributed by atoms with Crippen LogP contribution in [-0.2, 0) is 26.8 Å². The van der Waals surface area contributed by atoms with E-state index in [1.807, 2.05) is 30.3 Å². The van der Waals surface area contributed by atoms with E-state index < -0.39 is 13.6 Å². The topological polar surface area (TPSA) is 148 Å². The number of aryl methyl sites for hydroxylation is 1. The molecule has 5 aromatic rings. The molecule has 2 aromatic carbocycles. The van der Waals surface area contributed by atoms with Gasteiger partial charge in [-0.05, 0) is 68.8 Å². The van der Waals surface area contributed by atoms with Gasteiger partial charge >= 0.3 is 13.6 Å². The fourth-order valence-corrected chi connectivity index (χ4v) is 5.60. The van der Waals surface area contributed by atoms with Gasteiger partial charge in [0.25, 0.3) is 5.89 Å². The lowest BCUT2D eigenvalue weighted by molar-refractivity contribution is 0.0691. The Bertz CT molecular complexity index is 1800. The Morgan fingerprint density at radius 1 is 1.02 bits per heavy atom. The predicted octanol–water partition coefficient (Wildman–Crippen LogP) is 7.52. The van der Waals surface area contributed by atoms with Gasteiger partial charge in [-0.3, -0.25) is 4.57 Å². The second kappa shape index (κ2) is 14.3. The van der Waals surface area contributed by atoms with E-state index in [-0.39, 0.29) is 43.6 Å². The molecule has 0 unspecified atom stereocenters. The summed E-state index contributed by atoms with van der Waals surface area (Å²) >= 11 is 0. The van der Waals surface area contributed by atoms with Crippen LogP contribution >= 0.6 is 7.60 Å². The van der Waals surface area contributed by atoms with Gasteiger partial charge in [0.05, 0.1) is 30.7 Å². The summed E-state index contributed by atoms with van der Waals surface area (Å²) in [5, 5.41) is 14.5. The number of hydrogen-bond acceptors (Lipinski definition) is 10. The van der Waals surface area contributed by atoms with Crippen molar-refractivity contribution < 1.29 is 41.8 Å². The molecule has 0 radical (unpaired) electrons. The number of hydrogen-bond donors (Lipinski definition) is 1. The van der Waals surface area contributed by atoms with Crippen molar-refractivity contribution >= 4 is 19.6 Å². The van der Waals surface area contributed by atoms with Gasteiger partial charge in [0, 0.05) is 12.0 Å². The van der Waals surface area contributed by atoms with E-state index in [0.29, 0.717) is 34.2 Å². The molecular weight excluding hydrogens is 601 g/mol. The molecule has 0 fully saturated rings. The normalized spacial score (nSPS) is 11.7. The highest BCUT2D eigenvalue weighted by Gasteiger charge is 2.21. The van der Waals surface area contributed by atoms with Crippen molar-refractivity contribution in [2.45, 2.75) is 34.0 Å². The Morgan fingerprint density at radius 3 is 2.49 bits per heavy atom. The second-order valence-electron chi connectivity index (χ2n) is 9.57. The molecule has 0 saturated carbocycles. The van der Waals surface area contributed by atoms with Crippen LogP contribution in [0.25, 0.3) is 23.4 Å². The summed E-state index contributed by atoms with van der Waals surface area (Å²) in [6, 6.07) is 17.6. The van der Waals surface area contributed by atoms with Gasteiger partial charge in [-0.25, -0.2) is 14.5 Å². The fourth-order valence-electron chi connectivity index (χ4n) is 4.29. The number of carboxylic acids is 1. The number of aromatic nitrogens is 3. The molecule has 0 atom stereocenters. The summed E-state index contributed by atoms with van der Waals surface area (Å²) in [7, 11) is -3.48. The second-order valence-corrected chi connectivity index (χ2v) is 11.5. The summed E-state index contributed by atoms with van der Waals surface area (Å²) in [5.41, 5.74) is 2.34. The zero-order valence-electron chi connectivity index (χ0n) is 24.9. The van der Waals surface area contributed by atoms with Crippen molar-refractivity contribution in [3.63, 3.8) is 0 Å². The van der Waals surface area contributed by atoms with Gasteiger partial charge in [0.1, 0.15) is 36.0 Å². The van der Waals surface area contributed by atoms with Crippen LogP contribution in [-0.4, -0.2) is 39.1 Å². The zero-order chi connectivity index (χ0) is 31.8. The maximum absolute atomic E-state index is 13.0. The fraction of sp³-hybridized carbons (Fsp3) is 0.219. The van der Waals surface area contributed by atoms with E-state index in [1.54, 1.807) is 62.0 Å². The lowest BCUT2D eigenvalue weighted by atomic mass is 10.1. The van der Waals surface area contributed by atoms with Crippen LogP contribution in [0.4, 0.5) is 0 Å². The van der Waals surface area contributed by atoms with Crippen LogP contribution in [0, 0.1) is 6.92 Å². The summed E-state index contributed by atoms with van der Waals surface area (Å²) in [5.74, 6) is 1.92. The first-order valence-electron chi connectivity index (χ1n) is 14.1. The smallest absolute Gasteiger partial charge is 0.354 e. The average molecular weight is 634 g/mol. The number of nitrogens with zero attached hydrogens (tertiary/aromatic N) is 3. The number of carboxylic acid groups (broad SMARTS) is 1. The van der Waals surface area contributed by atoms with E-state index in [2.05, 4.69) is 10.1 Å². The molecule has 0 amide bonds. The van der Waals surface area contributed by atoms with Gasteiger partial charge in [-0.15, -0.1) is 5.10 Å². The van der Waals surface area contributed by atoms with Gasteiger partial charge in [0.2, 0.25) is 5.88 Å². The van der Waals surface area contributed by atoms with Gasteiger partial charge in [-0.2, -0.15) is 0 Å². The molecule has 45 heavy (non-hydrogen) atoms. The average Bonchev–Trinajstić information content (AvgIpc) is 3.79. The first kappa shape index (κ1) is 31.5. The molecule has 3 aromatic heterocycles. The maximum atomic E-state index is 13.0. The van der Waals surface area contributed by atoms with Crippen molar-refractivity contribution in [1.82, 2.24) is 14.8 Å². The SMILES string of the molecule is CCOP(=O)(C=Cc1cn(-c2ccccc2)nc1OCc1ccc(OCc2nc(-c3ccco3)oc2C)c(C(=O)O)c1)OCC. The Hall–Kier alpha value is -4.90. The molecule has 0 bridgehead atoms. The van der Waals surface area contributed by atoms with Crippen molar-refractivity contribution in [3.05, 3.63) is 107 Å². The number of rotatable bonds is 15.